The van der Waals surface area contributed by atoms with Crippen LogP contribution in [0.25, 0.3) is 0 Å². The number of carbonyl (C=O) groups is 1. The van der Waals surface area contributed by atoms with E-state index in [9.17, 15) is 9.90 Å². The number of hydrogen-bond acceptors (Lipinski definition) is 5. The van der Waals surface area contributed by atoms with Gasteiger partial charge in [0.15, 0.2) is 12.1 Å². The second-order valence-corrected chi connectivity index (χ2v) is 2.88. The van der Waals surface area contributed by atoms with Crippen molar-refractivity contribution in [1.29, 1.82) is 0 Å². The summed E-state index contributed by atoms with van der Waals surface area (Å²) in [4.78, 5) is 11.1. The molecule has 0 spiro atoms. The van der Waals surface area contributed by atoms with Gasteiger partial charge in [-0.05, 0) is 0 Å². The van der Waals surface area contributed by atoms with Crippen LogP contribution in [0.5, 0.6) is 0 Å². The number of ether oxygens (including phenoxy) is 1. The molecule has 1 heterocycles. The van der Waals surface area contributed by atoms with Crippen LogP contribution in [0.2, 0.25) is 0 Å². The van der Waals surface area contributed by atoms with Gasteiger partial charge in [0.05, 0.1) is 12.5 Å². The van der Waals surface area contributed by atoms with E-state index in [1.165, 1.54) is 6.92 Å². The Labute approximate surface area is 69.6 Å². The average Bonchev–Trinajstić information content (AvgIpc) is 2.08. The van der Waals surface area contributed by atoms with Crippen molar-refractivity contribution in [3.8, 4) is 0 Å². The maximum Gasteiger partial charge on any atom is 0.171 e. The van der Waals surface area contributed by atoms with Crippen LogP contribution in [0.15, 0.2) is 0 Å². The Morgan fingerprint density at radius 2 is 2.08 bits per heavy atom. The first-order valence-corrected chi connectivity index (χ1v) is 3.74. The van der Waals surface area contributed by atoms with Crippen molar-refractivity contribution in [2.24, 2.45) is 5.92 Å². The first-order chi connectivity index (χ1) is 5.57. The van der Waals surface area contributed by atoms with Gasteiger partial charge in [0.25, 0.3) is 0 Å². The molecule has 4 atom stereocenters. The topological polar surface area (TPSA) is 87.0 Å². The third-order valence-electron chi connectivity index (χ3n) is 2.01. The summed E-state index contributed by atoms with van der Waals surface area (Å²) in [6.45, 7) is 0.987. The summed E-state index contributed by atoms with van der Waals surface area (Å²) < 4.78 is 4.77. The second-order valence-electron chi connectivity index (χ2n) is 2.88. The van der Waals surface area contributed by atoms with Crippen LogP contribution in [0, 0.1) is 5.92 Å². The molecule has 1 aliphatic heterocycles. The van der Waals surface area contributed by atoms with Gasteiger partial charge in [-0.3, -0.25) is 4.79 Å². The summed E-state index contributed by atoms with van der Waals surface area (Å²) in [5.74, 6) is -1.23. The summed E-state index contributed by atoms with van der Waals surface area (Å²) in [5.41, 5.74) is 0. The Morgan fingerprint density at radius 3 is 2.58 bits per heavy atom. The third kappa shape index (κ3) is 1.49. The summed E-state index contributed by atoms with van der Waals surface area (Å²) in [7, 11) is 0. The zero-order chi connectivity index (χ0) is 9.30. The predicted molar refractivity (Wildman–Crippen MR) is 38.1 cm³/mol. The van der Waals surface area contributed by atoms with Gasteiger partial charge in [-0.25, -0.2) is 0 Å². The van der Waals surface area contributed by atoms with E-state index in [-0.39, 0.29) is 0 Å². The SMILES string of the molecule is CC1C(=O)C(O)C(CO)OC1O. The molecule has 1 fully saturated rings. The van der Waals surface area contributed by atoms with Crippen molar-refractivity contribution in [2.75, 3.05) is 6.61 Å². The van der Waals surface area contributed by atoms with Gasteiger partial charge in [0.2, 0.25) is 0 Å². The van der Waals surface area contributed by atoms with E-state index in [1.54, 1.807) is 0 Å². The zero-order valence-electron chi connectivity index (χ0n) is 6.67. The third-order valence-corrected chi connectivity index (χ3v) is 2.01. The molecule has 1 aliphatic rings. The van der Waals surface area contributed by atoms with Gasteiger partial charge >= 0.3 is 0 Å². The molecule has 0 aliphatic carbocycles. The Kier molecular flexibility index (Phi) is 2.79. The Bertz CT molecular complexity index is 181. The van der Waals surface area contributed by atoms with Crippen LogP contribution in [0.1, 0.15) is 6.92 Å². The van der Waals surface area contributed by atoms with Crippen LogP contribution in [-0.2, 0) is 9.53 Å². The number of ketones is 1. The molecular formula is C7H12O5. The molecule has 0 bridgehead atoms. The molecule has 0 aromatic carbocycles. The van der Waals surface area contributed by atoms with Crippen LogP contribution in [0.4, 0.5) is 0 Å². The van der Waals surface area contributed by atoms with Crippen molar-refractivity contribution >= 4 is 5.78 Å². The number of aliphatic hydroxyl groups is 3. The van der Waals surface area contributed by atoms with Crippen molar-refractivity contribution in [2.45, 2.75) is 25.4 Å². The lowest BCUT2D eigenvalue weighted by atomic mass is 9.95. The maximum atomic E-state index is 11.1. The Balaban J connectivity index is 2.70. The van der Waals surface area contributed by atoms with Crippen molar-refractivity contribution in [3.63, 3.8) is 0 Å². The van der Waals surface area contributed by atoms with E-state index in [1.807, 2.05) is 0 Å². The normalized spacial score (nSPS) is 43.2. The van der Waals surface area contributed by atoms with E-state index in [0.29, 0.717) is 0 Å². The maximum absolute atomic E-state index is 11.1. The lowest BCUT2D eigenvalue weighted by Crippen LogP contribution is -2.52. The fourth-order valence-electron chi connectivity index (χ4n) is 1.11. The molecule has 0 radical (unpaired) electrons. The molecule has 0 amide bonds. The summed E-state index contributed by atoms with van der Waals surface area (Å²) in [5, 5.41) is 26.9. The van der Waals surface area contributed by atoms with E-state index in [2.05, 4.69) is 0 Å². The molecule has 5 heteroatoms. The number of aliphatic hydroxyl groups excluding tert-OH is 3. The number of carbonyl (C=O) groups excluding carboxylic acids is 1. The first kappa shape index (κ1) is 9.60. The fourth-order valence-corrected chi connectivity index (χ4v) is 1.11. The van der Waals surface area contributed by atoms with Crippen LogP contribution < -0.4 is 0 Å². The highest BCUT2D eigenvalue weighted by Gasteiger charge is 2.40. The van der Waals surface area contributed by atoms with Crippen LogP contribution >= 0.6 is 0 Å². The molecule has 4 unspecified atom stereocenters. The number of Topliss-reactive ketones (excluding diaryl/α,β-unsaturated/α-hetero) is 1. The molecule has 1 saturated heterocycles. The predicted octanol–water partition coefficient (Wildman–Crippen LogP) is -1.74. The van der Waals surface area contributed by atoms with Crippen molar-refractivity contribution < 1.29 is 24.9 Å². The smallest absolute Gasteiger partial charge is 0.171 e. The van der Waals surface area contributed by atoms with Crippen LogP contribution in [0.3, 0.4) is 0 Å². The average molecular weight is 176 g/mol. The number of rotatable bonds is 1. The quantitative estimate of drug-likeness (QED) is 0.441. The lowest BCUT2D eigenvalue weighted by Gasteiger charge is -2.33. The van der Waals surface area contributed by atoms with Gasteiger partial charge < -0.3 is 20.1 Å². The monoisotopic (exact) mass is 176 g/mol. The minimum atomic E-state index is -1.33. The molecule has 0 saturated carbocycles. The number of hydrogen-bond donors (Lipinski definition) is 3. The summed E-state index contributed by atoms with van der Waals surface area (Å²) >= 11 is 0. The molecule has 12 heavy (non-hydrogen) atoms. The van der Waals surface area contributed by atoms with Gasteiger partial charge in [0, 0.05) is 0 Å². The van der Waals surface area contributed by atoms with Gasteiger partial charge in [-0.15, -0.1) is 0 Å². The molecular weight excluding hydrogens is 164 g/mol. The molecule has 0 aromatic heterocycles. The van der Waals surface area contributed by atoms with Crippen molar-refractivity contribution in [1.82, 2.24) is 0 Å². The molecule has 70 valence electrons. The highest BCUT2D eigenvalue weighted by Crippen LogP contribution is 2.20. The highest BCUT2D eigenvalue weighted by molar-refractivity contribution is 5.86. The minimum Gasteiger partial charge on any atom is -0.394 e. The summed E-state index contributed by atoms with van der Waals surface area (Å²) in [6, 6.07) is 0. The second kappa shape index (κ2) is 3.49. The standard InChI is InChI=1S/C7H12O5/c1-3-5(9)6(10)4(2-8)12-7(3)11/h3-4,6-8,10-11H,2H2,1H3. The molecule has 1 rings (SSSR count). The Morgan fingerprint density at radius 1 is 1.50 bits per heavy atom. The van der Waals surface area contributed by atoms with Gasteiger partial charge in [-0.2, -0.15) is 0 Å². The van der Waals surface area contributed by atoms with Gasteiger partial charge in [-0.1, -0.05) is 6.92 Å². The van der Waals surface area contributed by atoms with E-state index < -0.39 is 36.8 Å². The molecule has 5 nitrogen and oxygen atoms in total. The van der Waals surface area contributed by atoms with E-state index in [0.717, 1.165) is 0 Å². The van der Waals surface area contributed by atoms with E-state index >= 15 is 0 Å². The lowest BCUT2D eigenvalue weighted by molar-refractivity contribution is -0.222. The zero-order valence-corrected chi connectivity index (χ0v) is 6.67. The molecule has 0 aromatic rings. The fraction of sp³-hybridized carbons (Fsp3) is 0.857. The summed E-state index contributed by atoms with van der Waals surface area (Å²) in [6.07, 6.45) is -3.55. The highest BCUT2D eigenvalue weighted by atomic mass is 16.6. The largest absolute Gasteiger partial charge is 0.394 e. The van der Waals surface area contributed by atoms with Crippen LogP contribution in [-0.4, -0.2) is 46.2 Å². The van der Waals surface area contributed by atoms with Gasteiger partial charge in [0.1, 0.15) is 12.2 Å². The first-order valence-electron chi connectivity index (χ1n) is 3.74. The van der Waals surface area contributed by atoms with Crippen molar-refractivity contribution in [3.05, 3.63) is 0 Å². The Hall–Kier alpha value is -0.490. The minimum absolute atomic E-state index is 0.476. The molecule has 3 N–H and O–H groups in total. The van der Waals surface area contributed by atoms with E-state index in [4.69, 9.17) is 14.9 Å².